The summed E-state index contributed by atoms with van der Waals surface area (Å²) in [5.41, 5.74) is 14.9. The molecule has 2 heterocycles. The van der Waals surface area contributed by atoms with Gasteiger partial charge in [0.2, 0.25) is 0 Å². The minimum Gasteiger partial charge on any atom is -0.343 e. The van der Waals surface area contributed by atoms with Crippen LogP contribution in [0.25, 0.3) is 120 Å². The first-order valence-electron chi connectivity index (χ1n) is 20.1. The molecule has 0 N–H and O–H groups in total. The fraction of sp³-hybridized carbons (Fsp3) is 0.0357. The van der Waals surface area contributed by atoms with Crippen molar-refractivity contribution in [1.29, 1.82) is 0 Å². The van der Waals surface area contributed by atoms with E-state index in [9.17, 15) is 0 Å². The third kappa shape index (κ3) is 4.66. The summed E-state index contributed by atoms with van der Waals surface area (Å²) in [4.78, 5) is 0. The van der Waals surface area contributed by atoms with E-state index in [-0.39, 0.29) is 0 Å². The molecular weight excluding hydrogens is 701 g/mol. The molecule has 0 amide bonds. The molecule has 2 aromatic heterocycles. The molecule has 58 heavy (non-hydrogen) atoms. The summed E-state index contributed by atoms with van der Waals surface area (Å²) >= 11 is 0. The predicted molar refractivity (Wildman–Crippen MR) is 249 cm³/mol. The lowest BCUT2D eigenvalue weighted by molar-refractivity contribution is 1.02. The van der Waals surface area contributed by atoms with Crippen molar-refractivity contribution in [2.24, 2.45) is 14.1 Å². The normalized spacial score (nSPS) is 12.0. The van der Waals surface area contributed by atoms with Crippen molar-refractivity contribution in [2.45, 2.75) is 0 Å². The molecule has 2 heteroatoms. The topological polar surface area (TPSA) is 9.86 Å². The second-order valence-electron chi connectivity index (χ2n) is 15.7. The van der Waals surface area contributed by atoms with Gasteiger partial charge in [0.25, 0.3) is 0 Å². The zero-order valence-electron chi connectivity index (χ0n) is 32.4. The third-order valence-corrected chi connectivity index (χ3v) is 12.7. The molecule has 272 valence electrons. The Hall–Kier alpha value is -7.42. The molecule has 0 saturated heterocycles. The van der Waals surface area contributed by atoms with Crippen molar-refractivity contribution in [2.75, 3.05) is 0 Å². The van der Waals surface area contributed by atoms with Gasteiger partial charge in [0.1, 0.15) is 0 Å². The zero-order chi connectivity index (χ0) is 38.5. The molecule has 0 spiro atoms. The second kappa shape index (κ2) is 12.5. The van der Waals surface area contributed by atoms with Gasteiger partial charge in [0, 0.05) is 57.8 Å². The Bertz CT molecular complexity index is 3460. The lowest BCUT2D eigenvalue weighted by Crippen LogP contribution is -1.95. The molecule has 12 rings (SSSR count). The Kier molecular flexibility index (Phi) is 7.09. The average Bonchev–Trinajstić information content (AvgIpc) is 3.75. The number of rotatable bonds is 4. The summed E-state index contributed by atoms with van der Waals surface area (Å²) in [7, 11) is 4.42. The standard InChI is InChI=1S/C56H38N2/c1-57-52-30-10-8-20-40(52)46-28-14-26-44(55(46)57)38-22-12-24-42-49(38)34-50-39(45-27-15-29-47-41-21-9-11-31-53(41)58(2)56(45)47)23-13-25-43(50)54(42)51-33-37-19-7-6-18-36(37)32-48(51)35-16-4-3-5-17-35/h3-34H,1-2H3. The van der Waals surface area contributed by atoms with E-state index in [4.69, 9.17) is 0 Å². The van der Waals surface area contributed by atoms with Gasteiger partial charge in [-0.2, -0.15) is 0 Å². The Balaban J connectivity index is 1.26. The Morgan fingerprint density at radius 2 is 0.690 bits per heavy atom. The highest BCUT2D eigenvalue weighted by molar-refractivity contribution is 6.24. The maximum atomic E-state index is 2.49. The monoisotopic (exact) mass is 738 g/mol. The summed E-state index contributed by atoms with van der Waals surface area (Å²) in [6.07, 6.45) is 0. The summed E-state index contributed by atoms with van der Waals surface area (Å²) in [6, 6.07) is 72.1. The van der Waals surface area contributed by atoms with Gasteiger partial charge in [0.15, 0.2) is 0 Å². The van der Waals surface area contributed by atoms with Crippen LogP contribution in [0.5, 0.6) is 0 Å². The maximum Gasteiger partial charge on any atom is 0.0568 e. The highest BCUT2D eigenvalue weighted by Gasteiger charge is 2.22. The molecule has 0 atom stereocenters. The molecular formula is C56H38N2. The van der Waals surface area contributed by atoms with Crippen LogP contribution >= 0.6 is 0 Å². The number of hydrogen-bond donors (Lipinski definition) is 0. The number of aromatic nitrogens is 2. The minimum absolute atomic E-state index is 1.21. The van der Waals surface area contributed by atoms with Gasteiger partial charge in [-0.25, -0.2) is 0 Å². The van der Waals surface area contributed by atoms with Crippen LogP contribution in [0, 0.1) is 0 Å². The SMILES string of the molecule is Cn1c2ccccc2c2cccc(-c3cccc4c(-c5cc6ccccc6cc5-c5ccccc5)c5cccc(-c6cccc7c8ccccc8n(C)c67)c5cc34)c21. The molecule has 0 bridgehead atoms. The molecule has 0 saturated carbocycles. The van der Waals surface area contributed by atoms with Gasteiger partial charge in [-0.1, -0.05) is 164 Å². The van der Waals surface area contributed by atoms with Crippen LogP contribution < -0.4 is 0 Å². The van der Waals surface area contributed by atoms with Gasteiger partial charge in [0.05, 0.1) is 11.0 Å². The number of hydrogen-bond acceptors (Lipinski definition) is 0. The van der Waals surface area contributed by atoms with E-state index in [1.165, 1.54) is 120 Å². The van der Waals surface area contributed by atoms with E-state index in [0.29, 0.717) is 0 Å². The minimum atomic E-state index is 1.21. The molecule has 0 radical (unpaired) electrons. The molecule has 2 nitrogen and oxygen atoms in total. The molecule has 12 aromatic rings. The van der Waals surface area contributed by atoms with E-state index in [1.54, 1.807) is 0 Å². The van der Waals surface area contributed by atoms with Gasteiger partial charge in [-0.15, -0.1) is 0 Å². The lowest BCUT2D eigenvalue weighted by atomic mass is 9.83. The van der Waals surface area contributed by atoms with Crippen molar-refractivity contribution in [3.63, 3.8) is 0 Å². The number of para-hydroxylation sites is 4. The van der Waals surface area contributed by atoms with E-state index < -0.39 is 0 Å². The fourth-order valence-electron chi connectivity index (χ4n) is 10.1. The van der Waals surface area contributed by atoms with Crippen LogP contribution in [0.3, 0.4) is 0 Å². The molecule has 10 aromatic carbocycles. The third-order valence-electron chi connectivity index (χ3n) is 12.7. The van der Waals surface area contributed by atoms with Crippen LogP contribution in [0.15, 0.2) is 194 Å². The highest BCUT2D eigenvalue weighted by Crippen LogP contribution is 2.48. The smallest absolute Gasteiger partial charge is 0.0568 e. The van der Waals surface area contributed by atoms with E-state index >= 15 is 0 Å². The molecule has 0 aliphatic rings. The summed E-state index contributed by atoms with van der Waals surface area (Å²) in [5, 5.41) is 12.6. The van der Waals surface area contributed by atoms with Crippen LogP contribution in [0.1, 0.15) is 0 Å². The fourth-order valence-corrected chi connectivity index (χ4v) is 10.1. The van der Waals surface area contributed by atoms with Gasteiger partial charge < -0.3 is 9.13 Å². The average molecular weight is 739 g/mol. The van der Waals surface area contributed by atoms with Crippen LogP contribution in [0.2, 0.25) is 0 Å². The van der Waals surface area contributed by atoms with E-state index in [2.05, 4.69) is 217 Å². The van der Waals surface area contributed by atoms with Crippen LogP contribution in [-0.4, -0.2) is 9.13 Å². The van der Waals surface area contributed by atoms with E-state index in [1.807, 2.05) is 0 Å². The van der Waals surface area contributed by atoms with Gasteiger partial charge >= 0.3 is 0 Å². The maximum absolute atomic E-state index is 2.49. The number of benzene rings is 10. The number of fused-ring (bicyclic) bond motifs is 9. The van der Waals surface area contributed by atoms with Crippen molar-refractivity contribution < 1.29 is 0 Å². The van der Waals surface area contributed by atoms with Gasteiger partial charge in [-0.3, -0.25) is 0 Å². The number of nitrogens with zero attached hydrogens (tertiary/aromatic N) is 2. The van der Waals surface area contributed by atoms with Gasteiger partial charge in [-0.05, 0) is 96.0 Å². The number of aryl methyl sites for hydroxylation is 2. The quantitative estimate of drug-likeness (QED) is 0.159. The van der Waals surface area contributed by atoms with Crippen molar-refractivity contribution in [3.05, 3.63) is 194 Å². The van der Waals surface area contributed by atoms with Crippen molar-refractivity contribution >= 4 is 75.9 Å². The molecule has 0 aliphatic carbocycles. The largest absolute Gasteiger partial charge is 0.343 e. The Morgan fingerprint density at radius 1 is 0.276 bits per heavy atom. The highest BCUT2D eigenvalue weighted by atomic mass is 14.9. The molecule has 0 fully saturated rings. The summed E-state index contributed by atoms with van der Waals surface area (Å²) in [5.74, 6) is 0. The predicted octanol–water partition coefficient (Wildman–Crippen LogP) is 15.1. The van der Waals surface area contributed by atoms with Crippen LogP contribution in [0.4, 0.5) is 0 Å². The summed E-state index contributed by atoms with van der Waals surface area (Å²) in [6.45, 7) is 0. The molecule has 0 aliphatic heterocycles. The first-order valence-corrected chi connectivity index (χ1v) is 20.1. The van der Waals surface area contributed by atoms with Crippen LogP contribution in [-0.2, 0) is 14.1 Å². The molecule has 0 unspecified atom stereocenters. The zero-order valence-corrected chi connectivity index (χ0v) is 32.4. The second-order valence-corrected chi connectivity index (χ2v) is 15.7. The Labute approximate surface area is 336 Å². The van der Waals surface area contributed by atoms with E-state index in [0.717, 1.165) is 0 Å². The summed E-state index contributed by atoms with van der Waals surface area (Å²) < 4.78 is 4.76. The first kappa shape index (κ1) is 32.8. The lowest BCUT2D eigenvalue weighted by Gasteiger charge is -2.21. The first-order chi connectivity index (χ1) is 28.6. The van der Waals surface area contributed by atoms with Crippen molar-refractivity contribution in [3.8, 4) is 44.5 Å². The Morgan fingerprint density at radius 3 is 1.22 bits per heavy atom. The van der Waals surface area contributed by atoms with Crippen molar-refractivity contribution in [1.82, 2.24) is 9.13 Å².